The lowest BCUT2D eigenvalue weighted by atomic mass is 10.3. The summed E-state index contributed by atoms with van der Waals surface area (Å²) in [5.74, 6) is -0.352. The molecule has 0 spiro atoms. The van der Waals surface area contributed by atoms with Crippen LogP contribution in [-0.4, -0.2) is 15.9 Å². The highest BCUT2D eigenvalue weighted by molar-refractivity contribution is 9.10. The maximum atomic E-state index is 11.6. The van der Waals surface area contributed by atoms with Crippen molar-refractivity contribution >= 4 is 27.9 Å². The lowest BCUT2D eigenvalue weighted by Gasteiger charge is -1.99. The number of oxazole rings is 1. The van der Waals surface area contributed by atoms with Gasteiger partial charge in [-0.25, -0.2) is 4.98 Å². The molecule has 2 rings (SSSR count). The number of anilines is 1. The smallest absolute Gasteiger partial charge is 0.301 e. The molecule has 0 atom stereocenters. The van der Waals surface area contributed by atoms with Gasteiger partial charge in [0, 0.05) is 10.7 Å². The molecule has 0 aromatic carbocycles. The zero-order valence-corrected chi connectivity index (χ0v) is 9.98. The van der Waals surface area contributed by atoms with Gasteiger partial charge in [-0.1, -0.05) is 0 Å². The van der Waals surface area contributed by atoms with E-state index in [4.69, 9.17) is 4.42 Å². The third kappa shape index (κ3) is 2.46. The standard InChI is InChI=1S/C10H8BrN3O2/c1-6-5-16-10(13-6)14-9(15)8-3-2-7(11)4-12-8/h2-5H,1H3,(H,13,14,15). The second kappa shape index (κ2) is 4.44. The Morgan fingerprint density at radius 2 is 2.31 bits per heavy atom. The van der Waals surface area contributed by atoms with E-state index < -0.39 is 0 Å². The van der Waals surface area contributed by atoms with Gasteiger partial charge in [0.25, 0.3) is 5.91 Å². The fraction of sp³-hybridized carbons (Fsp3) is 0.100. The Morgan fingerprint density at radius 1 is 1.50 bits per heavy atom. The SMILES string of the molecule is Cc1coc(NC(=O)c2ccc(Br)cn2)n1. The number of pyridine rings is 1. The summed E-state index contributed by atoms with van der Waals surface area (Å²) in [5, 5.41) is 2.50. The molecule has 0 radical (unpaired) electrons. The van der Waals surface area contributed by atoms with E-state index >= 15 is 0 Å². The largest absolute Gasteiger partial charge is 0.432 e. The van der Waals surface area contributed by atoms with Crippen molar-refractivity contribution in [2.75, 3.05) is 5.32 Å². The molecule has 0 fully saturated rings. The molecule has 1 amide bonds. The van der Waals surface area contributed by atoms with Gasteiger partial charge in [0.15, 0.2) is 0 Å². The first-order chi connectivity index (χ1) is 7.65. The molecular weight excluding hydrogens is 274 g/mol. The first-order valence-corrected chi connectivity index (χ1v) is 5.29. The number of carbonyl (C=O) groups is 1. The van der Waals surface area contributed by atoms with Crippen LogP contribution in [0.5, 0.6) is 0 Å². The van der Waals surface area contributed by atoms with Gasteiger partial charge in [-0.15, -0.1) is 0 Å². The second-order valence-corrected chi connectivity index (χ2v) is 4.03. The van der Waals surface area contributed by atoms with Crippen LogP contribution in [0.3, 0.4) is 0 Å². The van der Waals surface area contributed by atoms with E-state index in [1.54, 1.807) is 25.3 Å². The number of nitrogens with zero attached hydrogens (tertiary/aromatic N) is 2. The van der Waals surface area contributed by atoms with Crippen molar-refractivity contribution in [2.24, 2.45) is 0 Å². The van der Waals surface area contributed by atoms with Crippen LogP contribution in [-0.2, 0) is 0 Å². The monoisotopic (exact) mass is 281 g/mol. The molecule has 2 aromatic heterocycles. The summed E-state index contributed by atoms with van der Waals surface area (Å²) in [5.41, 5.74) is 1.01. The molecule has 0 saturated carbocycles. The van der Waals surface area contributed by atoms with E-state index in [-0.39, 0.29) is 11.9 Å². The van der Waals surface area contributed by atoms with Crippen LogP contribution in [0, 0.1) is 6.92 Å². The molecule has 0 saturated heterocycles. The maximum Gasteiger partial charge on any atom is 0.301 e. The fourth-order valence-electron chi connectivity index (χ4n) is 1.08. The highest BCUT2D eigenvalue weighted by Crippen LogP contribution is 2.10. The van der Waals surface area contributed by atoms with Crippen LogP contribution >= 0.6 is 15.9 Å². The van der Waals surface area contributed by atoms with E-state index in [9.17, 15) is 4.79 Å². The van der Waals surface area contributed by atoms with Crippen molar-refractivity contribution < 1.29 is 9.21 Å². The molecule has 0 bridgehead atoms. The second-order valence-electron chi connectivity index (χ2n) is 3.11. The summed E-state index contributed by atoms with van der Waals surface area (Å²) in [7, 11) is 0. The number of carbonyl (C=O) groups excluding carboxylic acids is 1. The van der Waals surface area contributed by atoms with Crippen molar-refractivity contribution in [2.45, 2.75) is 6.92 Å². The molecule has 0 aliphatic rings. The number of nitrogens with one attached hydrogen (secondary N) is 1. The molecule has 16 heavy (non-hydrogen) atoms. The van der Waals surface area contributed by atoms with Gasteiger partial charge in [0.1, 0.15) is 12.0 Å². The highest BCUT2D eigenvalue weighted by Gasteiger charge is 2.10. The first kappa shape index (κ1) is 10.8. The molecule has 82 valence electrons. The van der Waals surface area contributed by atoms with Gasteiger partial charge in [-0.05, 0) is 35.0 Å². The Hall–Kier alpha value is -1.69. The van der Waals surface area contributed by atoms with E-state index in [0.29, 0.717) is 11.4 Å². The quantitative estimate of drug-likeness (QED) is 0.918. The van der Waals surface area contributed by atoms with Gasteiger partial charge in [0.2, 0.25) is 0 Å². The molecule has 0 unspecified atom stereocenters. The Morgan fingerprint density at radius 3 is 2.88 bits per heavy atom. The Labute approximate surface area is 100 Å². The zero-order chi connectivity index (χ0) is 11.5. The Bertz CT molecular complexity index is 507. The first-order valence-electron chi connectivity index (χ1n) is 4.50. The van der Waals surface area contributed by atoms with E-state index in [1.807, 2.05) is 0 Å². The maximum absolute atomic E-state index is 11.6. The normalized spacial score (nSPS) is 10.1. The third-order valence-corrected chi connectivity index (χ3v) is 2.27. The van der Waals surface area contributed by atoms with Crippen molar-refractivity contribution in [3.05, 3.63) is 40.5 Å². The third-order valence-electron chi connectivity index (χ3n) is 1.80. The van der Waals surface area contributed by atoms with Crippen LogP contribution in [0.2, 0.25) is 0 Å². The van der Waals surface area contributed by atoms with Crippen molar-refractivity contribution in [1.82, 2.24) is 9.97 Å². The molecular formula is C10H8BrN3O2. The molecule has 5 nitrogen and oxygen atoms in total. The molecule has 0 aliphatic carbocycles. The van der Waals surface area contributed by atoms with Crippen LogP contribution in [0.1, 0.15) is 16.2 Å². The average molecular weight is 282 g/mol. The van der Waals surface area contributed by atoms with Gasteiger partial charge in [-0.3, -0.25) is 10.1 Å². The molecule has 2 heterocycles. The predicted molar refractivity (Wildman–Crippen MR) is 61.1 cm³/mol. The van der Waals surface area contributed by atoms with Crippen molar-refractivity contribution in [3.8, 4) is 0 Å². The Balaban J connectivity index is 2.11. The van der Waals surface area contributed by atoms with Gasteiger partial charge < -0.3 is 4.42 Å². The molecule has 1 N–H and O–H groups in total. The number of hydrogen-bond acceptors (Lipinski definition) is 4. The van der Waals surface area contributed by atoms with Crippen LogP contribution in [0.25, 0.3) is 0 Å². The Kier molecular flexibility index (Phi) is 3.00. The molecule has 6 heteroatoms. The number of aryl methyl sites for hydroxylation is 1. The lowest BCUT2D eigenvalue weighted by molar-refractivity contribution is 0.101. The lowest BCUT2D eigenvalue weighted by Crippen LogP contribution is -2.13. The van der Waals surface area contributed by atoms with Gasteiger partial charge >= 0.3 is 6.01 Å². The molecule has 0 aliphatic heterocycles. The number of amides is 1. The summed E-state index contributed by atoms with van der Waals surface area (Å²) in [6, 6.07) is 3.52. The summed E-state index contributed by atoms with van der Waals surface area (Å²) < 4.78 is 5.82. The molecule has 2 aromatic rings. The number of aromatic nitrogens is 2. The number of halogens is 1. The fourth-order valence-corrected chi connectivity index (χ4v) is 1.32. The summed E-state index contributed by atoms with van der Waals surface area (Å²) in [4.78, 5) is 19.6. The zero-order valence-electron chi connectivity index (χ0n) is 8.40. The minimum atomic E-state index is -0.352. The van der Waals surface area contributed by atoms with Gasteiger partial charge in [-0.2, -0.15) is 4.98 Å². The van der Waals surface area contributed by atoms with Crippen LogP contribution in [0.15, 0.2) is 33.5 Å². The van der Waals surface area contributed by atoms with E-state index in [1.165, 1.54) is 6.26 Å². The average Bonchev–Trinajstić information content (AvgIpc) is 2.65. The number of hydrogen-bond donors (Lipinski definition) is 1. The summed E-state index contributed by atoms with van der Waals surface area (Å²) >= 11 is 3.24. The van der Waals surface area contributed by atoms with Crippen LogP contribution < -0.4 is 5.32 Å². The van der Waals surface area contributed by atoms with Crippen molar-refractivity contribution in [3.63, 3.8) is 0 Å². The summed E-state index contributed by atoms with van der Waals surface area (Å²) in [6.45, 7) is 1.77. The van der Waals surface area contributed by atoms with E-state index in [0.717, 1.165) is 4.47 Å². The van der Waals surface area contributed by atoms with E-state index in [2.05, 4.69) is 31.2 Å². The summed E-state index contributed by atoms with van der Waals surface area (Å²) in [6.07, 6.45) is 3.01. The minimum absolute atomic E-state index is 0.173. The minimum Gasteiger partial charge on any atom is -0.432 e. The highest BCUT2D eigenvalue weighted by atomic mass is 79.9. The van der Waals surface area contributed by atoms with Gasteiger partial charge in [0.05, 0.1) is 5.69 Å². The van der Waals surface area contributed by atoms with Crippen LogP contribution in [0.4, 0.5) is 6.01 Å². The topological polar surface area (TPSA) is 68.0 Å². The van der Waals surface area contributed by atoms with Crippen molar-refractivity contribution in [1.29, 1.82) is 0 Å². The predicted octanol–water partition coefficient (Wildman–Crippen LogP) is 2.39. The number of rotatable bonds is 2.